The van der Waals surface area contributed by atoms with E-state index in [1.54, 1.807) is 11.1 Å². The van der Waals surface area contributed by atoms with Crippen LogP contribution in [-0.4, -0.2) is 4.57 Å². The Kier molecular flexibility index (Phi) is 3.04. The Bertz CT molecular complexity index is 798. The van der Waals surface area contributed by atoms with Crippen LogP contribution in [0.15, 0.2) is 48.7 Å². The van der Waals surface area contributed by atoms with Crippen molar-refractivity contribution in [1.29, 1.82) is 0 Å². The molecule has 0 saturated carbocycles. The largest absolute Gasteiger partial charge is 0.343 e. The van der Waals surface area contributed by atoms with Gasteiger partial charge in [-0.1, -0.05) is 30.3 Å². The summed E-state index contributed by atoms with van der Waals surface area (Å²) in [6.45, 7) is 1.53. The van der Waals surface area contributed by atoms with Crippen molar-refractivity contribution < 1.29 is 0 Å². The number of aryl methyl sites for hydroxylation is 2. The summed E-state index contributed by atoms with van der Waals surface area (Å²) in [7, 11) is 0. The number of benzene rings is 2. The Hall–Kier alpha value is -2.06. The van der Waals surface area contributed by atoms with Gasteiger partial charge in [0.25, 0.3) is 0 Å². The number of nitrogens with two attached hydrogens (primary N) is 1. The molecule has 2 heteroatoms. The molecule has 0 fully saturated rings. The number of hydrogen-bond donors (Lipinski definition) is 1. The first-order valence-corrected chi connectivity index (χ1v) is 7.72. The third-order valence-corrected chi connectivity index (χ3v) is 4.64. The van der Waals surface area contributed by atoms with Crippen LogP contribution in [0.25, 0.3) is 10.9 Å². The summed E-state index contributed by atoms with van der Waals surface area (Å²) in [6, 6.07) is 15.6. The zero-order valence-corrected chi connectivity index (χ0v) is 12.2. The zero-order chi connectivity index (χ0) is 14.2. The standard InChI is InChI=1S/C19H20N2/c20-12-17-5-2-6-19-18(17)9-10-21(19)13-14-7-8-15-3-1-4-16(15)11-14/h2,5-11H,1,3-4,12-13,20H2. The van der Waals surface area contributed by atoms with Crippen LogP contribution in [0.4, 0.5) is 0 Å². The monoisotopic (exact) mass is 276 g/mol. The second-order valence-corrected chi connectivity index (χ2v) is 5.95. The lowest BCUT2D eigenvalue weighted by atomic mass is 10.1. The van der Waals surface area contributed by atoms with E-state index in [0.29, 0.717) is 6.54 Å². The third-order valence-electron chi connectivity index (χ3n) is 4.64. The van der Waals surface area contributed by atoms with Crippen molar-refractivity contribution in [3.63, 3.8) is 0 Å². The first-order chi connectivity index (χ1) is 10.3. The van der Waals surface area contributed by atoms with Gasteiger partial charge in [-0.15, -0.1) is 0 Å². The van der Waals surface area contributed by atoms with Crippen molar-refractivity contribution in [2.45, 2.75) is 32.4 Å². The van der Waals surface area contributed by atoms with Gasteiger partial charge in [0.1, 0.15) is 0 Å². The van der Waals surface area contributed by atoms with Crippen LogP contribution in [0.2, 0.25) is 0 Å². The average Bonchev–Trinajstić information content (AvgIpc) is 3.13. The molecule has 4 rings (SSSR count). The SMILES string of the molecule is NCc1cccc2c1ccn2Cc1ccc2c(c1)CCC2. The lowest BCUT2D eigenvalue weighted by Gasteiger charge is -2.09. The molecule has 106 valence electrons. The van der Waals surface area contributed by atoms with E-state index >= 15 is 0 Å². The summed E-state index contributed by atoms with van der Waals surface area (Å²) >= 11 is 0. The van der Waals surface area contributed by atoms with Crippen LogP contribution in [0.5, 0.6) is 0 Å². The minimum Gasteiger partial charge on any atom is -0.343 e. The van der Waals surface area contributed by atoms with E-state index in [1.807, 2.05) is 0 Å². The molecule has 0 unspecified atom stereocenters. The Morgan fingerprint density at radius 3 is 2.81 bits per heavy atom. The summed E-state index contributed by atoms with van der Waals surface area (Å²) in [5.41, 5.74) is 12.8. The predicted octanol–water partition coefficient (Wildman–Crippen LogP) is 3.64. The van der Waals surface area contributed by atoms with Crippen molar-refractivity contribution in [3.05, 3.63) is 70.9 Å². The summed E-state index contributed by atoms with van der Waals surface area (Å²) in [5, 5.41) is 1.28. The molecule has 0 amide bonds. The van der Waals surface area contributed by atoms with E-state index in [2.05, 4.69) is 53.2 Å². The van der Waals surface area contributed by atoms with Gasteiger partial charge in [0.05, 0.1) is 0 Å². The number of nitrogens with zero attached hydrogens (tertiary/aromatic N) is 1. The molecule has 21 heavy (non-hydrogen) atoms. The topological polar surface area (TPSA) is 30.9 Å². The Morgan fingerprint density at radius 1 is 1.00 bits per heavy atom. The molecule has 0 aliphatic heterocycles. The normalized spacial score (nSPS) is 13.8. The smallest absolute Gasteiger partial charge is 0.0486 e. The third kappa shape index (κ3) is 2.16. The number of hydrogen-bond acceptors (Lipinski definition) is 1. The molecule has 1 heterocycles. The van der Waals surface area contributed by atoms with Gasteiger partial charge >= 0.3 is 0 Å². The second kappa shape index (κ2) is 5.05. The lowest BCUT2D eigenvalue weighted by Crippen LogP contribution is -2.00. The van der Waals surface area contributed by atoms with Crippen LogP contribution in [0.3, 0.4) is 0 Å². The fourth-order valence-electron chi connectivity index (χ4n) is 3.52. The summed E-state index contributed by atoms with van der Waals surface area (Å²) in [4.78, 5) is 0. The van der Waals surface area contributed by atoms with Gasteiger partial charge in [-0.2, -0.15) is 0 Å². The van der Waals surface area contributed by atoms with E-state index in [9.17, 15) is 0 Å². The zero-order valence-electron chi connectivity index (χ0n) is 12.2. The van der Waals surface area contributed by atoms with Gasteiger partial charge in [-0.25, -0.2) is 0 Å². The minimum atomic E-state index is 0.597. The van der Waals surface area contributed by atoms with Gasteiger partial charge in [-0.05, 0) is 53.6 Å². The highest BCUT2D eigenvalue weighted by atomic mass is 14.9. The van der Waals surface area contributed by atoms with Gasteiger partial charge in [0.2, 0.25) is 0 Å². The van der Waals surface area contributed by atoms with E-state index in [4.69, 9.17) is 5.73 Å². The van der Waals surface area contributed by atoms with E-state index < -0.39 is 0 Å². The van der Waals surface area contributed by atoms with Crippen molar-refractivity contribution in [2.24, 2.45) is 5.73 Å². The average molecular weight is 276 g/mol. The van der Waals surface area contributed by atoms with Crippen molar-refractivity contribution in [3.8, 4) is 0 Å². The quantitative estimate of drug-likeness (QED) is 0.778. The molecule has 1 aliphatic carbocycles. The highest BCUT2D eigenvalue weighted by molar-refractivity contribution is 5.83. The maximum absolute atomic E-state index is 5.83. The lowest BCUT2D eigenvalue weighted by molar-refractivity contribution is 0.834. The van der Waals surface area contributed by atoms with Gasteiger partial charge in [-0.3, -0.25) is 0 Å². The fourth-order valence-corrected chi connectivity index (χ4v) is 3.52. The Morgan fingerprint density at radius 2 is 1.90 bits per heavy atom. The van der Waals surface area contributed by atoms with Crippen molar-refractivity contribution in [2.75, 3.05) is 0 Å². The molecule has 2 N–H and O–H groups in total. The molecule has 0 spiro atoms. The van der Waals surface area contributed by atoms with Gasteiger partial charge < -0.3 is 10.3 Å². The molecular formula is C19H20N2. The molecule has 2 nitrogen and oxygen atoms in total. The summed E-state index contributed by atoms with van der Waals surface area (Å²) < 4.78 is 2.32. The highest BCUT2D eigenvalue weighted by Gasteiger charge is 2.11. The molecule has 1 aromatic heterocycles. The Labute approximate surface area is 125 Å². The summed E-state index contributed by atoms with van der Waals surface area (Å²) in [5.74, 6) is 0. The first-order valence-electron chi connectivity index (χ1n) is 7.72. The van der Waals surface area contributed by atoms with Crippen LogP contribution in [0, 0.1) is 0 Å². The van der Waals surface area contributed by atoms with Crippen LogP contribution in [0.1, 0.15) is 28.7 Å². The molecule has 0 bridgehead atoms. The molecule has 0 saturated heterocycles. The van der Waals surface area contributed by atoms with E-state index in [1.165, 1.54) is 41.3 Å². The molecular weight excluding hydrogens is 256 g/mol. The second-order valence-electron chi connectivity index (χ2n) is 5.95. The summed E-state index contributed by atoms with van der Waals surface area (Å²) in [6.07, 6.45) is 5.98. The van der Waals surface area contributed by atoms with E-state index in [0.717, 1.165) is 6.54 Å². The number of fused-ring (bicyclic) bond motifs is 2. The molecule has 2 aromatic carbocycles. The predicted molar refractivity (Wildman–Crippen MR) is 87.4 cm³/mol. The van der Waals surface area contributed by atoms with Crippen molar-refractivity contribution in [1.82, 2.24) is 4.57 Å². The number of aromatic nitrogens is 1. The maximum Gasteiger partial charge on any atom is 0.0486 e. The maximum atomic E-state index is 5.83. The fraction of sp³-hybridized carbons (Fsp3) is 0.263. The highest BCUT2D eigenvalue weighted by Crippen LogP contribution is 2.25. The van der Waals surface area contributed by atoms with Crippen LogP contribution < -0.4 is 5.73 Å². The van der Waals surface area contributed by atoms with Crippen molar-refractivity contribution >= 4 is 10.9 Å². The van der Waals surface area contributed by atoms with Crippen LogP contribution in [-0.2, 0) is 25.9 Å². The Balaban J connectivity index is 1.71. The molecule has 3 aromatic rings. The molecule has 0 radical (unpaired) electrons. The van der Waals surface area contributed by atoms with Crippen LogP contribution >= 0.6 is 0 Å². The molecule has 0 atom stereocenters. The molecule has 1 aliphatic rings. The van der Waals surface area contributed by atoms with Gasteiger partial charge in [0, 0.05) is 30.2 Å². The van der Waals surface area contributed by atoms with E-state index in [-0.39, 0.29) is 0 Å². The van der Waals surface area contributed by atoms with Gasteiger partial charge in [0.15, 0.2) is 0 Å². The minimum absolute atomic E-state index is 0.597. The number of rotatable bonds is 3. The first kappa shape index (κ1) is 12.7.